The summed E-state index contributed by atoms with van der Waals surface area (Å²) in [6, 6.07) is 13.9. The number of aryl methyl sites for hydroxylation is 2. The lowest BCUT2D eigenvalue weighted by molar-refractivity contribution is -0.119. The number of rotatable bonds is 4. The number of carbonyl (C=O) groups is 2. The lowest BCUT2D eigenvalue weighted by Gasteiger charge is -2.26. The van der Waals surface area contributed by atoms with Crippen molar-refractivity contribution in [3.8, 4) is 0 Å². The molecule has 1 saturated heterocycles. The van der Waals surface area contributed by atoms with Crippen LogP contribution in [-0.4, -0.2) is 17.6 Å². The Morgan fingerprint density at radius 1 is 1.19 bits per heavy atom. The third kappa shape index (κ3) is 3.78. The highest BCUT2D eigenvalue weighted by Crippen LogP contribution is 2.43. The lowest BCUT2D eigenvalue weighted by Crippen LogP contribution is -2.28. The zero-order valence-electron chi connectivity index (χ0n) is 15.6. The SMILES string of the molecule is Cc1ccc(N2C(=O)CS[C@H]2c2cccc(NC(=O)C(C)C)c2)c(C)c1. The molecule has 0 bridgehead atoms. The molecule has 1 heterocycles. The van der Waals surface area contributed by atoms with E-state index in [1.54, 1.807) is 11.8 Å². The first kappa shape index (κ1) is 18.5. The molecule has 1 N–H and O–H groups in total. The van der Waals surface area contributed by atoms with Crippen LogP contribution in [0.1, 0.15) is 35.9 Å². The van der Waals surface area contributed by atoms with E-state index in [4.69, 9.17) is 0 Å². The molecule has 26 heavy (non-hydrogen) atoms. The summed E-state index contributed by atoms with van der Waals surface area (Å²) in [5.41, 5.74) is 5.01. The first-order chi connectivity index (χ1) is 12.4. The molecule has 1 aliphatic rings. The Bertz CT molecular complexity index is 848. The second-order valence-corrected chi connectivity index (χ2v) is 8.05. The zero-order valence-corrected chi connectivity index (χ0v) is 16.4. The average molecular weight is 369 g/mol. The second-order valence-electron chi connectivity index (χ2n) is 6.99. The molecule has 2 aromatic carbocycles. The molecule has 136 valence electrons. The van der Waals surface area contributed by atoms with Gasteiger partial charge in [0.1, 0.15) is 5.37 Å². The molecule has 0 aliphatic carbocycles. The molecule has 0 aromatic heterocycles. The molecule has 1 aliphatic heterocycles. The van der Waals surface area contributed by atoms with Gasteiger partial charge in [-0.15, -0.1) is 11.8 Å². The quantitative estimate of drug-likeness (QED) is 0.853. The van der Waals surface area contributed by atoms with Gasteiger partial charge in [-0.2, -0.15) is 0 Å². The number of amides is 2. The minimum Gasteiger partial charge on any atom is -0.326 e. The van der Waals surface area contributed by atoms with Crippen molar-refractivity contribution in [2.75, 3.05) is 16.0 Å². The lowest BCUT2D eigenvalue weighted by atomic mass is 10.1. The number of carbonyl (C=O) groups excluding carboxylic acids is 2. The number of nitrogens with one attached hydrogen (secondary N) is 1. The molecule has 0 saturated carbocycles. The van der Waals surface area contributed by atoms with Crippen molar-refractivity contribution in [1.82, 2.24) is 0 Å². The summed E-state index contributed by atoms with van der Waals surface area (Å²) in [7, 11) is 0. The normalized spacial score (nSPS) is 17.0. The van der Waals surface area contributed by atoms with E-state index in [1.807, 2.05) is 62.1 Å². The van der Waals surface area contributed by atoms with E-state index in [0.29, 0.717) is 5.75 Å². The van der Waals surface area contributed by atoms with Crippen LogP contribution >= 0.6 is 11.8 Å². The maximum absolute atomic E-state index is 12.6. The highest BCUT2D eigenvalue weighted by atomic mass is 32.2. The Hall–Kier alpha value is -2.27. The predicted octanol–water partition coefficient (Wildman–Crippen LogP) is 4.68. The van der Waals surface area contributed by atoms with Crippen LogP contribution in [0, 0.1) is 19.8 Å². The van der Waals surface area contributed by atoms with E-state index in [0.717, 1.165) is 22.5 Å². The molecule has 1 atom stereocenters. The summed E-state index contributed by atoms with van der Waals surface area (Å²) in [5.74, 6) is 0.487. The summed E-state index contributed by atoms with van der Waals surface area (Å²) in [6.45, 7) is 7.82. The summed E-state index contributed by atoms with van der Waals surface area (Å²) < 4.78 is 0. The van der Waals surface area contributed by atoms with E-state index in [2.05, 4.69) is 18.3 Å². The highest BCUT2D eigenvalue weighted by Gasteiger charge is 2.34. The van der Waals surface area contributed by atoms with Gasteiger partial charge >= 0.3 is 0 Å². The Kier molecular flexibility index (Phi) is 5.37. The van der Waals surface area contributed by atoms with Gasteiger partial charge in [0, 0.05) is 17.3 Å². The van der Waals surface area contributed by atoms with Crippen molar-refractivity contribution >= 4 is 35.0 Å². The number of thioether (sulfide) groups is 1. The summed E-state index contributed by atoms with van der Waals surface area (Å²) in [6.07, 6.45) is 0. The third-order valence-electron chi connectivity index (χ3n) is 4.44. The van der Waals surface area contributed by atoms with Crippen molar-refractivity contribution < 1.29 is 9.59 Å². The van der Waals surface area contributed by atoms with Gasteiger partial charge in [0.25, 0.3) is 0 Å². The van der Waals surface area contributed by atoms with Crippen molar-refractivity contribution in [3.63, 3.8) is 0 Å². The Labute approximate surface area is 159 Å². The van der Waals surface area contributed by atoms with E-state index >= 15 is 0 Å². The smallest absolute Gasteiger partial charge is 0.238 e. The fourth-order valence-corrected chi connectivity index (χ4v) is 4.22. The fraction of sp³-hybridized carbons (Fsp3) is 0.333. The van der Waals surface area contributed by atoms with Crippen molar-refractivity contribution in [2.24, 2.45) is 5.92 Å². The second kappa shape index (κ2) is 7.54. The van der Waals surface area contributed by atoms with Gasteiger partial charge in [0.2, 0.25) is 11.8 Å². The first-order valence-corrected chi connectivity index (χ1v) is 9.83. The van der Waals surface area contributed by atoms with Gasteiger partial charge in [0.05, 0.1) is 5.75 Å². The van der Waals surface area contributed by atoms with Gasteiger partial charge in [-0.3, -0.25) is 14.5 Å². The molecule has 4 nitrogen and oxygen atoms in total. The molecular formula is C21H24N2O2S. The topological polar surface area (TPSA) is 49.4 Å². The van der Waals surface area contributed by atoms with Crippen LogP contribution in [-0.2, 0) is 9.59 Å². The molecule has 2 aromatic rings. The molecule has 0 radical (unpaired) electrons. The zero-order chi connectivity index (χ0) is 18.8. The third-order valence-corrected chi connectivity index (χ3v) is 5.66. The predicted molar refractivity (Wildman–Crippen MR) is 109 cm³/mol. The summed E-state index contributed by atoms with van der Waals surface area (Å²) in [4.78, 5) is 26.4. The van der Waals surface area contributed by atoms with Crippen LogP contribution in [0.15, 0.2) is 42.5 Å². The maximum atomic E-state index is 12.6. The van der Waals surface area contributed by atoms with E-state index in [1.165, 1.54) is 5.56 Å². The number of nitrogens with zero attached hydrogens (tertiary/aromatic N) is 1. The number of hydrogen-bond donors (Lipinski definition) is 1. The Balaban J connectivity index is 1.92. The van der Waals surface area contributed by atoms with Gasteiger partial charge in [-0.1, -0.05) is 43.7 Å². The molecule has 2 amide bonds. The number of benzene rings is 2. The van der Waals surface area contributed by atoms with Crippen LogP contribution in [0.2, 0.25) is 0 Å². The molecule has 3 rings (SSSR count). The minimum atomic E-state index is -0.0835. The van der Waals surface area contributed by atoms with E-state index in [-0.39, 0.29) is 23.1 Å². The van der Waals surface area contributed by atoms with Gasteiger partial charge in [0.15, 0.2) is 0 Å². The number of anilines is 2. The number of hydrogen-bond acceptors (Lipinski definition) is 3. The monoisotopic (exact) mass is 368 g/mol. The van der Waals surface area contributed by atoms with Crippen molar-refractivity contribution in [3.05, 3.63) is 59.2 Å². The van der Waals surface area contributed by atoms with Crippen LogP contribution in [0.4, 0.5) is 11.4 Å². The Morgan fingerprint density at radius 2 is 1.96 bits per heavy atom. The van der Waals surface area contributed by atoms with Crippen LogP contribution < -0.4 is 10.2 Å². The molecular weight excluding hydrogens is 344 g/mol. The first-order valence-electron chi connectivity index (χ1n) is 8.78. The van der Waals surface area contributed by atoms with E-state index < -0.39 is 0 Å². The molecule has 0 unspecified atom stereocenters. The average Bonchev–Trinajstić information content (AvgIpc) is 2.96. The summed E-state index contributed by atoms with van der Waals surface area (Å²) >= 11 is 1.62. The van der Waals surface area contributed by atoms with Gasteiger partial charge < -0.3 is 5.32 Å². The van der Waals surface area contributed by atoms with Crippen LogP contribution in [0.25, 0.3) is 0 Å². The van der Waals surface area contributed by atoms with Crippen LogP contribution in [0.3, 0.4) is 0 Å². The van der Waals surface area contributed by atoms with Gasteiger partial charge in [-0.25, -0.2) is 0 Å². The maximum Gasteiger partial charge on any atom is 0.238 e. The largest absolute Gasteiger partial charge is 0.326 e. The Morgan fingerprint density at radius 3 is 2.65 bits per heavy atom. The van der Waals surface area contributed by atoms with Crippen LogP contribution in [0.5, 0.6) is 0 Å². The van der Waals surface area contributed by atoms with E-state index in [9.17, 15) is 9.59 Å². The molecule has 0 spiro atoms. The van der Waals surface area contributed by atoms with Crippen molar-refractivity contribution in [1.29, 1.82) is 0 Å². The molecule has 1 fully saturated rings. The van der Waals surface area contributed by atoms with Crippen molar-refractivity contribution in [2.45, 2.75) is 33.1 Å². The standard InChI is InChI=1S/C21H24N2O2S/c1-13(2)20(25)22-17-7-5-6-16(11-17)21-23(19(24)12-26-21)18-9-8-14(3)10-15(18)4/h5-11,13,21H,12H2,1-4H3,(H,22,25)/t21-/m0/s1. The minimum absolute atomic E-state index is 0.0106. The fourth-order valence-electron chi connectivity index (χ4n) is 3.06. The molecule has 5 heteroatoms. The summed E-state index contributed by atoms with van der Waals surface area (Å²) in [5, 5.41) is 2.85. The highest BCUT2D eigenvalue weighted by molar-refractivity contribution is 8.00. The van der Waals surface area contributed by atoms with Gasteiger partial charge in [-0.05, 0) is 43.2 Å².